The van der Waals surface area contributed by atoms with Crippen LogP contribution in [0.3, 0.4) is 0 Å². The second-order valence-electron chi connectivity index (χ2n) is 5.26. The number of carbonyl (C=O) groups is 1. The van der Waals surface area contributed by atoms with Gasteiger partial charge in [-0.15, -0.1) is 0 Å². The molecule has 1 aromatic rings. The number of piperidine rings is 1. The minimum Gasteiger partial charge on any atom is -0.334 e. The fourth-order valence-corrected chi connectivity index (χ4v) is 2.95. The van der Waals surface area contributed by atoms with E-state index in [0.29, 0.717) is 12.1 Å². The van der Waals surface area contributed by atoms with Crippen LogP contribution < -0.4 is 0 Å². The Morgan fingerprint density at radius 2 is 1.79 bits per heavy atom. The Morgan fingerprint density at radius 1 is 1.21 bits per heavy atom. The van der Waals surface area contributed by atoms with Gasteiger partial charge in [0, 0.05) is 22.6 Å². The van der Waals surface area contributed by atoms with Gasteiger partial charge in [-0.1, -0.05) is 28.1 Å². The first kappa shape index (κ1) is 14.3. The first-order valence-corrected chi connectivity index (χ1v) is 7.63. The van der Waals surface area contributed by atoms with Gasteiger partial charge in [0.15, 0.2) is 0 Å². The lowest BCUT2D eigenvalue weighted by Crippen LogP contribution is -2.46. The van der Waals surface area contributed by atoms with Crippen molar-refractivity contribution in [2.75, 3.05) is 0 Å². The summed E-state index contributed by atoms with van der Waals surface area (Å²) in [6, 6.07) is 8.66. The van der Waals surface area contributed by atoms with Crippen LogP contribution in [-0.4, -0.2) is 22.9 Å². The van der Waals surface area contributed by atoms with Crippen molar-refractivity contribution < 1.29 is 4.79 Å². The summed E-state index contributed by atoms with van der Waals surface area (Å²) in [6.07, 6.45) is 7.04. The average Bonchev–Trinajstić information content (AvgIpc) is 2.38. The summed E-state index contributed by atoms with van der Waals surface area (Å²) in [5.74, 6) is 0.127. The van der Waals surface area contributed by atoms with E-state index in [0.717, 1.165) is 22.9 Å². The first-order valence-electron chi connectivity index (χ1n) is 6.84. The van der Waals surface area contributed by atoms with Crippen LogP contribution in [0.25, 0.3) is 6.08 Å². The van der Waals surface area contributed by atoms with E-state index in [1.54, 1.807) is 6.08 Å². The van der Waals surface area contributed by atoms with Crippen LogP contribution in [0.5, 0.6) is 0 Å². The Hall–Kier alpha value is -1.09. The van der Waals surface area contributed by atoms with Crippen molar-refractivity contribution in [1.82, 2.24) is 4.90 Å². The fourth-order valence-electron chi connectivity index (χ4n) is 2.68. The molecule has 2 rings (SSSR count). The minimum absolute atomic E-state index is 0.127. The van der Waals surface area contributed by atoms with Crippen LogP contribution in [0.4, 0.5) is 0 Å². The topological polar surface area (TPSA) is 20.3 Å². The summed E-state index contributed by atoms with van der Waals surface area (Å²) in [7, 11) is 0. The lowest BCUT2D eigenvalue weighted by atomic mass is 9.97. The zero-order valence-corrected chi connectivity index (χ0v) is 13.1. The van der Waals surface area contributed by atoms with Crippen LogP contribution in [-0.2, 0) is 4.79 Å². The number of hydrogen-bond acceptors (Lipinski definition) is 1. The van der Waals surface area contributed by atoms with Gasteiger partial charge in [-0.3, -0.25) is 4.79 Å². The minimum atomic E-state index is 0.127. The molecular formula is C16H20BrNO. The lowest BCUT2D eigenvalue weighted by Gasteiger charge is -2.38. The third kappa shape index (κ3) is 3.69. The number of rotatable bonds is 2. The molecule has 0 unspecified atom stereocenters. The molecule has 0 aromatic heterocycles. The third-order valence-electron chi connectivity index (χ3n) is 3.74. The van der Waals surface area contributed by atoms with Crippen molar-refractivity contribution in [3.8, 4) is 0 Å². The van der Waals surface area contributed by atoms with E-state index in [9.17, 15) is 4.79 Å². The molecule has 0 N–H and O–H groups in total. The van der Waals surface area contributed by atoms with Crippen molar-refractivity contribution in [2.24, 2.45) is 0 Å². The Balaban J connectivity index is 2.05. The maximum absolute atomic E-state index is 12.3. The van der Waals surface area contributed by atoms with E-state index in [-0.39, 0.29) is 5.91 Å². The first-order chi connectivity index (χ1) is 9.08. The molecule has 1 saturated heterocycles. The molecule has 1 aromatic carbocycles. The summed E-state index contributed by atoms with van der Waals surface area (Å²) in [6.45, 7) is 4.28. The standard InChI is InChI=1S/C16H20BrNO/c1-12-4-3-5-13(2)18(12)16(19)11-8-14-6-9-15(17)10-7-14/h6-13H,3-5H2,1-2H3/b11-8+/t12-,13-/m0/s1. The SMILES string of the molecule is C[C@H]1CCC[C@H](C)N1C(=O)/C=C/c1ccc(Br)cc1. The number of nitrogens with zero attached hydrogens (tertiary/aromatic N) is 1. The van der Waals surface area contributed by atoms with E-state index in [1.807, 2.05) is 35.2 Å². The van der Waals surface area contributed by atoms with Gasteiger partial charge < -0.3 is 4.90 Å². The molecule has 1 aliphatic heterocycles. The molecule has 2 atom stereocenters. The quantitative estimate of drug-likeness (QED) is 0.745. The highest BCUT2D eigenvalue weighted by Crippen LogP contribution is 2.23. The predicted molar refractivity (Wildman–Crippen MR) is 82.8 cm³/mol. The second-order valence-corrected chi connectivity index (χ2v) is 6.18. The van der Waals surface area contributed by atoms with Crippen LogP contribution in [0, 0.1) is 0 Å². The smallest absolute Gasteiger partial charge is 0.247 e. The highest BCUT2D eigenvalue weighted by Gasteiger charge is 2.27. The molecule has 1 amide bonds. The number of carbonyl (C=O) groups excluding carboxylic acids is 1. The van der Waals surface area contributed by atoms with E-state index in [2.05, 4.69) is 29.8 Å². The molecule has 0 radical (unpaired) electrons. The molecule has 2 nitrogen and oxygen atoms in total. The molecule has 102 valence electrons. The van der Waals surface area contributed by atoms with Crippen molar-refractivity contribution >= 4 is 27.9 Å². The summed E-state index contributed by atoms with van der Waals surface area (Å²) < 4.78 is 1.05. The largest absolute Gasteiger partial charge is 0.334 e. The predicted octanol–water partition coefficient (Wildman–Crippen LogP) is 4.25. The van der Waals surface area contributed by atoms with Gasteiger partial charge in [-0.2, -0.15) is 0 Å². The molecule has 1 aliphatic rings. The Morgan fingerprint density at radius 3 is 2.37 bits per heavy atom. The molecule has 1 fully saturated rings. The molecule has 19 heavy (non-hydrogen) atoms. The number of likely N-dealkylation sites (tertiary alicyclic amines) is 1. The molecular weight excluding hydrogens is 302 g/mol. The molecule has 0 aliphatic carbocycles. The van der Waals surface area contributed by atoms with Gasteiger partial charge >= 0.3 is 0 Å². The van der Waals surface area contributed by atoms with Crippen molar-refractivity contribution in [3.05, 3.63) is 40.4 Å². The Kier molecular flexibility index (Phi) is 4.81. The van der Waals surface area contributed by atoms with Gasteiger partial charge in [-0.25, -0.2) is 0 Å². The summed E-state index contributed by atoms with van der Waals surface area (Å²) in [4.78, 5) is 14.3. The van der Waals surface area contributed by atoms with E-state index in [1.165, 1.54) is 6.42 Å². The highest BCUT2D eigenvalue weighted by molar-refractivity contribution is 9.10. The van der Waals surface area contributed by atoms with Crippen molar-refractivity contribution in [3.63, 3.8) is 0 Å². The van der Waals surface area contributed by atoms with Gasteiger partial charge in [0.05, 0.1) is 0 Å². The van der Waals surface area contributed by atoms with E-state index in [4.69, 9.17) is 0 Å². The van der Waals surface area contributed by atoms with Crippen molar-refractivity contribution in [1.29, 1.82) is 0 Å². The molecule has 0 bridgehead atoms. The van der Waals surface area contributed by atoms with Gasteiger partial charge in [0.2, 0.25) is 5.91 Å². The summed E-state index contributed by atoms with van der Waals surface area (Å²) in [5.41, 5.74) is 1.05. The summed E-state index contributed by atoms with van der Waals surface area (Å²) >= 11 is 3.40. The molecule has 0 saturated carbocycles. The number of amides is 1. The number of benzene rings is 1. The zero-order valence-electron chi connectivity index (χ0n) is 11.5. The third-order valence-corrected chi connectivity index (χ3v) is 4.27. The fraction of sp³-hybridized carbons (Fsp3) is 0.438. The monoisotopic (exact) mass is 321 g/mol. The summed E-state index contributed by atoms with van der Waals surface area (Å²) in [5, 5.41) is 0. The van der Waals surface area contributed by atoms with Crippen LogP contribution in [0.2, 0.25) is 0 Å². The molecule has 0 spiro atoms. The van der Waals surface area contributed by atoms with E-state index < -0.39 is 0 Å². The molecule has 3 heteroatoms. The lowest BCUT2D eigenvalue weighted by molar-refractivity contribution is -0.131. The highest BCUT2D eigenvalue weighted by atomic mass is 79.9. The van der Waals surface area contributed by atoms with Crippen LogP contribution in [0.15, 0.2) is 34.8 Å². The molecule has 1 heterocycles. The Labute approximate surface area is 123 Å². The van der Waals surface area contributed by atoms with Crippen molar-refractivity contribution in [2.45, 2.75) is 45.2 Å². The number of halogens is 1. The van der Waals surface area contributed by atoms with Gasteiger partial charge in [0.25, 0.3) is 0 Å². The maximum atomic E-state index is 12.3. The zero-order chi connectivity index (χ0) is 13.8. The maximum Gasteiger partial charge on any atom is 0.247 e. The normalized spacial score (nSPS) is 23.8. The number of hydrogen-bond donors (Lipinski definition) is 0. The van der Waals surface area contributed by atoms with Gasteiger partial charge in [0.1, 0.15) is 0 Å². The van der Waals surface area contributed by atoms with E-state index >= 15 is 0 Å². The second kappa shape index (κ2) is 6.38. The van der Waals surface area contributed by atoms with Crippen LogP contribution in [0.1, 0.15) is 38.7 Å². The Bertz CT molecular complexity index is 456. The average molecular weight is 322 g/mol. The van der Waals surface area contributed by atoms with Gasteiger partial charge in [-0.05, 0) is 56.9 Å². The van der Waals surface area contributed by atoms with Crippen LogP contribution >= 0.6 is 15.9 Å².